The summed E-state index contributed by atoms with van der Waals surface area (Å²) in [5.41, 5.74) is 5.66. The maximum Gasteiger partial charge on any atom is 0.327 e. The number of ether oxygens (including phenoxy) is 1. The number of carbonyl (C=O) groups is 2. The predicted molar refractivity (Wildman–Crippen MR) is 68.4 cm³/mol. The number of primary amides is 1. The van der Waals surface area contributed by atoms with Gasteiger partial charge in [-0.25, -0.2) is 4.68 Å². The Labute approximate surface area is 112 Å². The van der Waals surface area contributed by atoms with Crippen LogP contribution in [0.5, 0.6) is 0 Å². The molecule has 7 heteroatoms. The van der Waals surface area contributed by atoms with Crippen LogP contribution in [0.25, 0.3) is 0 Å². The zero-order valence-electron chi connectivity index (χ0n) is 11.4. The summed E-state index contributed by atoms with van der Waals surface area (Å²) in [4.78, 5) is 22.5. The molecule has 0 atom stereocenters. The van der Waals surface area contributed by atoms with Crippen LogP contribution in [0.1, 0.15) is 48.8 Å². The van der Waals surface area contributed by atoms with Crippen molar-refractivity contribution in [3.63, 3.8) is 0 Å². The predicted octanol–water partition coefficient (Wildman–Crippen LogP) is 0.809. The Balaban J connectivity index is 2.38. The fourth-order valence-corrected chi connectivity index (χ4v) is 1.62. The maximum absolute atomic E-state index is 11.5. The van der Waals surface area contributed by atoms with Crippen LogP contribution in [0.4, 0.5) is 0 Å². The van der Waals surface area contributed by atoms with E-state index in [1.165, 1.54) is 4.68 Å². The summed E-state index contributed by atoms with van der Waals surface area (Å²) in [5, 5.41) is 7.32. The second kappa shape index (κ2) is 7.50. The molecule has 1 amide bonds. The van der Waals surface area contributed by atoms with E-state index in [0.717, 1.165) is 25.7 Å². The fourth-order valence-electron chi connectivity index (χ4n) is 1.62. The highest BCUT2D eigenvalue weighted by Crippen LogP contribution is 2.03. The molecule has 1 rings (SSSR count). The van der Waals surface area contributed by atoms with Gasteiger partial charge in [-0.1, -0.05) is 31.4 Å². The first-order valence-corrected chi connectivity index (χ1v) is 6.41. The molecule has 0 spiro atoms. The van der Waals surface area contributed by atoms with Gasteiger partial charge in [-0.05, 0) is 13.3 Å². The summed E-state index contributed by atoms with van der Waals surface area (Å²) >= 11 is 0. The molecule has 1 aromatic rings. The standard InChI is InChI=1S/C12H20N4O3/c1-3-4-5-6-7-19-10(17)8-16-9(2)11(12(13)18)14-15-16/h3-8H2,1-2H3,(H2,13,18). The number of hydrogen-bond donors (Lipinski definition) is 1. The topological polar surface area (TPSA) is 100 Å². The molecule has 0 aliphatic rings. The summed E-state index contributed by atoms with van der Waals surface area (Å²) < 4.78 is 6.39. The van der Waals surface area contributed by atoms with E-state index in [1.54, 1.807) is 6.92 Å². The number of unbranched alkanes of at least 4 members (excludes halogenated alkanes) is 3. The average Bonchev–Trinajstić information content (AvgIpc) is 2.71. The fraction of sp³-hybridized carbons (Fsp3) is 0.667. The molecule has 0 aromatic carbocycles. The molecule has 0 saturated heterocycles. The summed E-state index contributed by atoms with van der Waals surface area (Å²) in [7, 11) is 0. The number of aromatic nitrogens is 3. The van der Waals surface area contributed by atoms with Crippen molar-refractivity contribution in [3.8, 4) is 0 Å². The first kappa shape index (κ1) is 15.1. The Morgan fingerprint density at radius 3 is 2.63 bits per heavy atom. The van der Waals surface area contributed by atoms with E-state index < -0.39 is 5.91 Å². The molecule has 0 unspecified atom stereocenters. The zero-order valence-corrected chi connectivity index (χ0v) is 11.4. The molecule has 1 aromatic heterocycles. The second-order valence-electron chi connectivity index (χ2n) is 4.33. The highest BCUT2D eigenvalue weighted by atomic mass is 16.5. The van der Waals surface area contributed by atoms with E-state index in [2.05, 4.69) is 17.2 Å². The van der Waals surface area contributed by atoms with Gasteiger partial charge >= 0.3 is 5.97 Å². The smallest absolute Gasteiger partial charge is 0.327 e. The molecule has 0 bridgehead atoms. The van der Waals surface area contributed by atoms with Gasteiger partial charge in [0.15, 0.2) is 5.69 Å². The van der Waals surface area contributed by atoms with Crippen LogP contribution < -0.4 is 5.73 Å². The molecule has 0 saturated carbocycles. The van der Waals surface area contributed by atoms with Crippen LogP contribution in [0.15, 0.2) is 0 Å². The molecule has 0 aliphatic heterocycles. The normalized spacial score (nSPS) is 10.4. The van der Waals surface area contributed by atoms with Gasteiger partial charge in [0.25, 0.3) is 5.91 Å². The molecule has 106 valence electrons. The van der Waals surface area contributed by atoms with Crippen molar-refractivity contribution >= 4 is 11.9 Å². The van der Waals surface area contributed by atoms with Gasteiger partial charge in [0.1, 0.15) is 6.54 Å². The molecule has 1 heterocycles. The Morgan fingerprint density at radius 2 is 2.05 bits per heavy atom. The SMILES string of the molecule is CCCCCCOC(=O)Cn1nnc(C(N)=O)c1C. The number of esters is 1. The molecule has 2 N–H and O–H groups in total. The van der Waals surface area contributed by atoms with Gasteiger partial charge in [-0.2, -0.15) is 0 Å². The van der Waals surface area contributed by atoms with Crippen molar-refractivity contribution in [2.75, 3.05) is 6.61 Å². The number of rotatable bonds is 8. The number of nitrogens with zero attached hydrogens (tertiary/aromatic N) is 3. The molecule has 19 heavy (non-hydrogen) atoms. The lowest BCUT2D eigenvalue weighted by Crippen LogP contribution is -2.17. The Kier molecular flexibility index (Phi) is 5.98. The molecule has 0 aliphatic carbocycles. The minimum atomic E-state index is -0.656. The Hall–Kier alpha value is -1.92. The number of amides is 1. The van der Waals surface area contributed by atoms with Crippen molar-refractivity contribution in [1.29, 1.82) is 0 Å². The largest absolute Gasteiger partial charge is 0.464 e. The summed E-state index contributed by atoms with van der Waals surface area (Å²) in [6, 6.07) is 0. The molecular weight excluding hydrogens is 248 g/mol. The average molecular weight is 268 g/mol. The maximum atomic E-state index is 11.5. The number of carbonyl (C=O) groups excluding carboxylic acids is 2. The quantitative estimate of drug-likeness (QED) is 0.555. The van der Waals surface area contributed by atoms with Crippen molar-refractivity contribution in [1.82, 2.24) is 15.0 Å². The monoisotopic (exact) mass is 268 g/mol. The molecule has 0 radical (unpaired) electrons. The Morgan fingerprint density at radius 1 is 1.32 bits per heavy atom. The van der Waals surface area contributed by atoms with Gasteiger partial charge in [0.2, 0.25) is 0 Å². The van der Waals surface area contributed by atoms with Gasteiger partial charge in [-0.3, -0.25) is 9.59 Å². The molecular formula is C12H20N4O3. The second-order valence-corrected chi connectivity index (χ2v) is 4.33. The van der Waals surface area contributed by atoms with E-state index >= 15 is 0 Å². The van der Waals surface area contributed by atoms with Gasteiger partial charge in [-0.15, -0.1) is 5.10 Å². The lowest BCUT2D eigenvalue weighted by Gasteiger charge is -2.05. The van der Waals surface area contributed by atoms with Crippen molar-refractivity contribution in [2.24, 2.45) is 5.73 Å². The lowest BCUT2D eigenvalue weighted by atomic mass is 10.2. The summed E-state index contributed by atoms with van der Waals surface area (Å²) in [6.07, 6.45) is 4.20. The zero-order chi connectivity index (χ0) is 14.3. The van der Waals surface area contributed by atoms with Gasteiger partial charge in [0, 0.05) is 0 Å². The Bertz CT molecular complexity index is 442. The van der Waals surface area contributed by atoms with E-state index in [1.807, 2.05) is 0 Å². The van der Waals surface area contributed by atoms with Crippen molar-refractivity contribution in [2.45, 2.75) is 46.1 Å². The van der Waals surface area contributed by atoms with Crippen LogP contribution in [0, 0.1) is 6.92 Å². The minimum absolute atomic E-state index is 0.0557. The third kappa shape index (κ3) is 4.69. The van der Waals surface area contributed by atoms with Crippen LogP contribution in [-0.4, -0.2) is 33.5 Å². The summed E-state index contributed by atoms with van der Waals surface area (Å²) in [6.45, 7) is 4.11. The first-order valence-electron chi connectivity index (χ1n) is 6.41. The van der Waals surface area contributed by atoms with Crippen molar-refractivity contribution < 1.29 is 14.3 Å². The molecule has 7 nitrogen and oxygen atoms in total. The summed E-state index contributed by atoms with van der Waals surface area (Å²) in [5.74, 6) is -1.04. The van der Waals surface area contributed by atoms with Crippen LogP contribution in [0.2, 0.25) is 0 Å². The van der Waals surface area contributed by atoms with Crippen LogP contribution in [-0.2, 0) is 16.1 Å². The van der Waals surface area contributed by atoms with Gasteiger partial charge in [0.05, 0.1) is 12.3 Å². The molecule has 0 fully saturated rings. The highest BCUT2D eigenvalue weighted by molar-refractivity contribution is 5.91. The number of nitrogens with two attached hydrogens (primary N) is 1. The first-order chi connectivity index (χ1) is 9.06. The van der Waals surface area contributed by atoms with E-state index in [0.29, 0.717) is 12.3 Å². The van der Waals surface area contributed by atoms with Crippen molar-refractivity contribution in [3.05, 3.63) is 11.4 Å². The van der Waals surface area contributed by atoms with Gasteiger partial charge < -0.3 is 10.5 Å². The van der Waals surface area contributed by atoms with Crippen LogP contribution in [0.3, 0.4) is 0 Å². The van der Waals surface area contributed by atoms with E-state index in [4.69, 9.17) is 10.5 Å². The third-order valence-corrected chi connectivity index (χ3v) is 2.76. The van der Waals surface area contributed by atoms with E-state index in [-0.39, 0.29) is 18.2 Å². The highest BCUT2D eigenvalue weighted by Gasteiger charge is 2.15. The lowest BCUT2D eigenvalue weighted by molar-refractivity contribution is -0.144. The van der Waals surface area contributed by atoms with Crippen LogP contribution >= 0.6 is 0 Å². The third-order valence-electron chi connectivity index (χ3n) is 2.76. The minimum Gasteiger partial charge on any atom is -0.464 e. The number of hydrogen-bond acceptors (Lipinski definition) is 5. The van der Waals surface area contributed by atoms with E-state index in [9.17, 15) is 9.59 Å².